The molecule has 1 amide bonds. The predicted molar refractivity (Wildman–Crippen MR) is 95.6 cm³/mol. The topological polar surface area (TPSA) is 32.3 Å². The van der Waals surface area contributed by atoms with E-state index in [1.807, 2.05) is 6.07 Å². The Bertz CT molecular complexity index is 545. The number of nitrogens with one attached hydrogen (secondary N) is 1. The molecule has 3 heteroatoms. The summed E-state index contributed by atoms with van der Waals surface area (Å²) < 4.78 is 0. The standard InChI is InChI=1S/C20H30N2O/c1-4-16-10-11-22(13-17-8-9-17)18(12-16)20(23)21-19-14(2)6-5-7-15(19)3/h5-7,16-18H,4,8-13H2,1-3H3,(H,21,23)/t16-,18+/m1/s1. The van der Waals surface area contributed by atoms with Gasteiger partial charge in [0.1, 0.15) is 0 Å². The Labute approximate surface area is 140 Å². The van der Waals surface area contributed by atoms with Crippen LogP contribution < -0.4 is 5.32 Å². The second-order valence-corrected chi connectivity index (χ2v) is 7.51. The van der Waals surface area contributed by atoms with E-state index in [4.69, 9.17) is 0 Å². The number of nitrogens with zero attached hydrogens (tertiary/aromatic N) is 1. The average Bonchev–Trinajstić information content (AvgIpc) is 3.35. The third kappa shape index (κ3) is 3.95. The van der Waals surface area contributed by atoms with Crippen molar-refractivity contribution in [2.45, 2.75) is 58.9 Å². The molecule has 3 nitrogen and oxygen atoms in total. The van der Waals surface area contributed by atoms with Gasteiger partial charge in [-0.25, -0.2) is 0 Å². The first kappa shape index (κ1) is 16.5. The molecule has 23 heavy (non-hydrogen) atoms. The van der Waals surface area contributed by atoms with Crippen molar-refractivity contribution in [1.29, 1.82) is 0 Å². The van der Waals surface area contributed by atoms with Crippen molar-refractivity contribution in [3.05, 3.63) is 29.3 Å². The summed E-state index contributed by atoms with van der Waals surface area (Å²) in [6, 6.07) is 6.24. The van der Waals surface area contributed by atoms with Crippen molar-refractivity contribution in [2.75, 3.05) is 18.4 Å². The first-order valence-electron chi connectivity index (χ1n) is 9.19. The summed E-state index contributed by atoms with van der Waals surface area (Å²) in [7, 11) is 0. The van der Waals surface area contributed by atoms with Crippen LogP contribution in [0.3, 0.4) is 0 Å². The van der Waals surface area contributed by atoms with Gasteiger partial charge in [0.25, 0.3) is 0 Å². The molecule has 0 unspecified atom stereocenters. The number of aryl methyl sites for hydroxylation is 2. The second-order valence-electron chi connectivity index (χ2n) is 7.51. The molecule has 0 spiro atoms. The van der Waals surface area contributed by atoms with Gasteiger partial charge in [-0.1, -0.05) is 31.5 Å². The quantitative estimate of drug-likeness (QED) is 0.886. The summed E-state index contributed by atoms with van der Waals surface area (Å²) in [5.41, 5.74) is 3.30. The first-order chi connectivity index (χ1) is 11.1. The van der Waals surface area contributed by atoms with Crippen LogP contribution >= 0.6 is 0 Å². The second kappa shape index (κ2) is 7.04. The lowest BCUT2D eigenvalue weighted by Gasteiger charge is -2.38. The fourth-order valence-corrected chi connectivity index (χ4v) is 3.80. The molecule has 0 bridgehead atoms. The van der Waals surface area contributed by atoms with Crippen molar-refractivity contribution in [3.63, 3.8) is 0 Å². The number of carbonyl (C=O) groups excluding carboxylic acids is 1. The van der Waals surface area contributed by atoms with Gasteiger partial charge in [-0.05, 0) is 69.0 Å². The molecule has 1 heterocycles. The SMILES string of the molecule is CC[C@@H]1CCN(CC2CC2)[C@H](C(=O)Nc2c(C)cccc2C)C1. The van der Waals surface area contributed by atoms with E-state index in [-0.39, 0.29) is 11.9 Å². The molecule has 0 aromatic heterocycles. The van der Waals surface area contributed by atoms with E-state index in [1.165, 1.54) is 25.7 Å². The highest BCUT2D eigenvalue weighted by Crippen LogP contribution is 2.34. The number of carbonyl (C=O) groups is 1. The molecule has 0 radical (unpaired) electrons. The van der Waals surface area contributed by atoms with Crippen molar-refractivity contribution in [3.8, 4) is 0 Å². The van der Waals surface area contributed by atoms with Gasteiger partial charge < -0.3 is 5.32 Å². The number of hydrogen-bond donors (Lipinski definition) is 1. The maximum absolute atomic E-state index is 13.0. The van der Waals surface area contributed by atoms with E-state index in [9.17, 15) is 4.79 Å². The van der Waals surface area contributed by atoms with E-state index >= 15 is 0 Å². The van der Waals surface area contributed by atoms with E-state index in [1.54, 1.807) is 0 Å². The van der Waals surface area contributed by atoms with Crippen LogP contribution in [0.4, 0.5) is 5.69 Å². The molecule has 1 aromatic rings. The molecule has 1 N–H and O–H groups in total. The number of anilines is 1. The molecule has 1 saturated carbocycles. The largest absolute Gasteiger partial charge is 0.324 e. The van der Waals surface area contributed by atoms with Crippen LogP contribution in [-0.4, -0.2) is 29.9 Å². The van der Waals surface area contributed by atoms with E-state index in [0.717, 1.165) is 42.2 Å². The van der Waals surface area contributed by atoms with Crippen molar-refractivity contribution < 1.29 is 4.79 Å². The van der Waals surface area contributed by atoms with E-state index in [0.29, 0.717) is 5.92 Å². The maximum atomic E-state index is 13.0. The van der Waals surface area contributed by atoms with Gasteiger partial charge in [0, 0.05) is 12.2 Å². The van der Waals surface area contributed by atoms with Crippen LogP contribution in [-0.2, 0) is 4.79 Å². The smallest absolute Gasteiger partial charge is 0.241 e. The van der Waals surface area contributed by atoms with Crippen LogP contribution in [0.15, 0.2) is 18.2 Å². The van der Waals surface area contributed by atoms with Gasteiger partial charge in [0.15, 0.2) is 0 Å². The summed E-state index contributed by atoms with van der Waals surface area (Å²) in [4.78, 5) is 15.4. The van der Waals surface area contributed by atoms with Gasteiger partial charge in [-0.3, -0.25) is 9.69 Å². The molecule has 1 aliphatic carbocycles. The lowest BCUT2D eigenvalue weighted by molar-refractivity contribution is -0.123. The van der Waals surface area contributed by atoms with Crippen LogP contribution in [0.5, 0.6) is 0 Å². The summed E-state index contributed by atoms with van der Waals surface area (Å²) >= 11 is 0. The van der Waals surface area contributed by atoms with Gasteiger partial charge in [-0.15, -0.1) is 0 Å². The number of likely N-dealkylation sites (tertiary alicyclic amines) is 1. The number of piperidine rings is 1. The summed E-state index contributed by atoms with van der Waals surface area (Å²) in [5.74, 6) is 1.73. The minimum atomic E-state index is 0.0494. The molecule has 2 fully saturated rings. The highest BCUT2D eigenvalue weighted by Gasteiger charge is 2.36. The molecule has 3 rings (SSSR count). The molecular formula is C20H30N2O. The van der Waals surface area contributed by atoms with Gasteiger partial charge in [0.05, 0.1) is 6.04 Å². The zero-order chi connectivity index (χ0) is 16.4. The van der Waals surface area contributed by atoms with Crippen molar-refractivity contribution in [1.82, 2.24) is 4.90 Å². The fourth-order valence-electron chi connectivity index (χ4n) is 3.80. The maximum Gasteiger partial charge on any atom is 0.241 e. The molecule has 1 saturated heterocycles. The Kier molecular flexibility index (Phi) is 5.05. The average molecular weight is 314 g/mol. The zero-order valence-corrected chi connectivity index (χ0v) is 14.8. The third-order valence-electron chi connectivity index (χ3n) is 5.62. The molecule has 1 aromatic carbocycles. The van der Waals surface area contributed by atoms with Crippen LogP contribution in [0, 0.1) is 25.7 Å². The normalized spacial score (nSPS) is 25.3. The van der Waals surface area contributed by atoms with Crippen LogP contribution in [0.1, 0.15) is 50.2 Å². The zero-order valence-electron chi connectivity index (χ0n) is 14.8. The summed E-state index contributed by atoms with van der Waals surface area (Å²) in [5, 5.41) is 3.24. The monoisotopic (exact) mass is 314 g/mol. The van der Waals surface area contributed by atoms with Gasteiger partial charge in [0.2, 0.25) is 5.91 Å². The minimum absolute atomic E-state index is 0.0494. The predicted octanol–water partition coefficient (Wildman–Crippen LogP) is 4.14. The Morgan fingerprint density at radius 1 is 1.17 bits per heavy atom. The fraction of sp³-hybridized carbons (Fsp3) is 0.650. The van der Waals surface area contributed by atoms with Crippen molar-refractivity contribution >= 4 is 11.6 Å². The summed E-state index contributed by atoms with van der Waals surface area (Å²) in [6.45, 7) is 8.59. The highest BCUT2D eigenvalue weighted by molar-refractivity contribution is 5.96. The lowest BCUT2D eigenvalue weighted by atomic mass is 9.88. The van der Waals surface area contributed by atoms with E-state index < -0.39 is 0 Å². The molecule has 2 aliphatic rings. The third-order valence-corrected chi connectivity index (χ3v) is 5.62. The molecule has 126 valence electrons. The minimum Gasteiger partial charge on any atom is -0.324 e. The van der Waals surface area contributed by atoms with Gasteiger partial charge >= 0.3 is 0 Å². The van der Waals surface area contributed by atoms with Gasteiger partial charge in [-0.2, -0.15) is 0 Å². The van der Waals surface area contributed by atoms with Crippen molar-refractivity contribution in [2.24, 2.45) is 11.8 Å². The first-order valence-corrected chi connectivity index (χ1v) is 9.19. The Morgan fingerprint density at radius 3 is 2.48 bits per heavy atom. The van der Waals surface area contributed by atoms with E-state index in [2.05, 4.69) is 43.1 Å². The van der Waals surface area contributed by atoms with Crippen LogP contribution in [0.2, 0.25) is 0 Å². The number of para-hydroxylation sites is 1. The molecule has 2 atom stereocenters. The Morgan fingerprint density at radius 2 is 1.87 bits per heavy atom. The molecular weight excluding hydrogens is 284 g/mol. The highest BCUT2D eigenvalue weighted by atomic mass is 16.2. The Balaban J connectivity index is 1.73. The lowest BCUT2D eigenvalue weighted by Crippen LogP contribution is -2.50. The number of amides is 1. The van der Waals surface area contributed by atoms with Crippen LogP contribution in [0.25, 0.3) is 0 Å². The number of hydrogen-bond acceptors (Lipinski definition) is 2. The Hall–Kier alpha value is -1.35. The molecule has 1 aliphatic heterocycles. The summed E-state index contributed by atoms with van der Waals surface area (Å²) in [6.07, 6.45) is 6.14. The number of rotatable bonds is 5. The number of benzene rings is 1.